The summed E-state index contributed by atoms with van der Waals surface area (Å²) in [6.07, 6.45) is 2.02. The number of aryl methyl sites for hydroxylation is 1. The normalized spacial score (nSPS) is 11.7. The molecule has 0 radical (unpaired) electrons. The topological polar surface area (TPSA) is 75.6 Å². The van der Waals surface area contributed by atoms with Crippen molar-refractivity contribution >= 4 is 11.9 Å². The number of amides is 1. The van der Waals surface area contributed by atoms with Gasteiger partial charge in [-0.25, -0.2) is 4.79 Å². The number of benzene rings is 1. The molecule has 0 saturated heterocycles. The van der Waals surface area contributed by atoms with Gasteiger partial charge in [0.1, 0.15) is 11.8 Å². The van der Waals surface area contributed by atoms with Crippen molar-refractivity contribution in [2.75, 3.05) is 7.11 Å². The lowest BCUT2D eigenvalue weighted by Gasteiger charge is -2.13. The van der Waals surface area contributed by atoms with E-state index in [-0.39, 0.29) is 12.3 Å². The van der Waals surface area contributed by atoms with Crippen molar-refractivity contribution in [1.82, 2.24) is 5.32 Å². The second-order valence-corrected chi connectivity index (χ2v) is 4.60. The standard InChI is InChI=1S/C15H21NO4/c1-3-4-13(15(18)19)16-14(17)10-7-11-5-8-12(20-2)9-6-11/h5-6,8-9,13H,3-4,7,10H2,1-2H3,(H,16,17)(H,18,19)/t13-/m0/s1. The van der Waals surface area contributed by atoms with E-state index in [1.54, 1.807) is 7.11 Å². The van der Waals surface area contributed by atoms with E-state index in [0.29, 0.717) is 12.8 Å². The van der Waals surface area contributed by atoms with E-state index in [1.807, 2.05) is 31.2 Å². The summed E-state index contributed by atoms with van der Waals surface area (Å²) < 4.78 is 5.06. The number of carbonyl (C=O) groups is 2. The third kappa shape index (κ3) is 5.30. The second kappa shape index (κ2) is 8.19. The first-order chi connectivity index (χ1) is 9.56. The SMILES string of the molecule is CCC[C@H](NC(=O)CCc1ccc(OC)cc1)C(=O)O. The molecule has 0 bridgehead atoms. The lowest BCUT2D eigenvalue weighted by molar-refractivity contribution is -0.142. The number of carboxylic acid groups (broad SMARTS) is 1. The maximum absolute atomic E-state index is 11.7. The van der Waals surface area contributed by atoms with E-state index in [2.05, 4.69) is 5.32 Å². The van der Waals surface area contributed by atoms with Crippen LogP contribution in [0.4, 0.5) is 0 Å². The number of hydrogen-bond donors (Lipinski definition) is 2. The Morgan fingerprint density at radius 3 is 2.45 bits per heavy atom. The minimum Gasteiger partial charge on any atom is -0.497 e. The number of aliphatic carboxylic acids is 1. The lowest BCUT2D eigenvalue weighted by atomic mass is 10.1. The highest BCUT2D eigenvalue weighted by molar-refractivity contribution is 5.83. The summed E-state index contributed by atoms with van der Waals surface area (Å²) in [5.74, 6) is -0.446. The van der Waals surface area contributed by atoms with Crippen LogP contribution < -0.4 is 10.1 Å². The van der Waals surface area contributed by atoms with Crippen LogP contribution in [0.15, 0.2) is 24.3 Å². The van der Waals surface area contributed by atoms with Crippen LogP contribution in [0, 0.1) is 0 Å². The molecule has 20 heavy (non-hydrogen) atoms. The van der Waals surface area contributed by atoms with Crippen molar-refractivity contribution in [2.45, 2.75) is 38.6 Å². The van der Waals surface area contributed by atoms with E-state index >= 15 is 0 Å². The molecule has 0 unspecified atom stereocenters. The number of ether oxygens (including phenoxy) is 1. The molecule has 0 aliphatic rings. The van der Waals surface area contributed by atoms with Gasteiger partial charge in [-0.2, -0.15) is 0 Å². The number of methoxy groups -OCH3 is 1. The lowest BCUT2D eigenvalue weighted by Crippen LogP contribution is -2.40. The Labute approximate surface area is 118 Å². The fourth-order valence-electron chi connectivity index (χ4n) is 1.86. The molecule has 0 aliphatic heterocycles. The van der Waals surface area contributed by atoms with Gasteiger partial charge in [0.15, 0.2) is 0 Å². The molecule has 0 aliphatic carbocycles. The van der Waals surface area contributed by atoms with Crippen molar-refractivity contribution in [3.8, 4) is 5.75 Å². The fourth-order valence-corrected chi connectivity index (χ4v) is 1.86. The van der Waals surface area contributed by atoms with Crippen molar-refractivity contribution in [2.24, 2.45) is 0 Å². The van der Waals surface area contributed by atoms with Gasteiger partial charge in [0.2, 0.25) is 5.91 Å². The van der Waals surface area contributed by atoms with Crippen LogP contribution in [0.1, 0.15) is 31.7 Å². The first-order valence-corrected chi connectivity index (χ1v) is 6.72. The maximum Gasteiger partial charge on any atom is 0.326 e. The van der Waals surface area contributed by atoms with E-state index in [9.17, 15) is 9.59 Å². The number of carboxylic acids is 1. The molecule has 1 aromatic rings. The maximum atomic E-state index is 11.7. The molecule has 0 heterocycles. The average Bonchev–Trinajstić information content (AvgIpc) is 2.45. The number of carbonyl (C=O) groups excluding carboxylic acids is 1. The Morgan fingerprint density at radius 2 is 1.95 bits per heavy atom. The zero-order valence-electron chi connectivity index (χ0n) is 11.9. The van der Waals surface area contributed by atoms with E-state index in [1.165, 1.54) is 0 Å². The fraction of sp³-hybridized carbons (Fsp3) is 0.467. The monoisotopic (exact) mass is 279 g/mol. The first-order valence-electron chi connectivity index (χ1n) is 6.72. The molecule has 1 rings (SSSR count). The minimum atomic E-state index is -0.982. The van der Waals surface area contributed by atoms with Crippen LogP contribution in [-0.2, 0) is 16.0 Å². The summed E-state index contributed by atoms with van der Waals surface area (Å²) >= 11 is 0. The zero-order chi connectivity index (χ0) is 15.0. The Bertz CT molecular complexity index is 442. The third-order valence-corrected chi connectivity index (χ3v) is 3.01. The summed E-state index contributed by atoms with van der Waals surface area (Å²) in [5, 5.41) is 11.5. The van der Waals surface area contributed by atoms with Gasteiger partial charge in [0.05, 0.1) is 7.11 Å². The van der Waals surface area contributed by atoms with Gasteiger partial charge in [-0.05, 0) is 30.5 Å². The number of rotatable bonds is 8. The Kier molecular flexibility index (Phi) is 6.56. The van der Waals surface area contributed by atoms with Crippen molar-refractivity contribution in [3.05, 3.63) is 29.8 Å². The quantitative estimate of drug-likeness (QED) is 0.763. The summed E-state index contributed by atoms with van der Waals surface area (Å²) in [7, 11) is 1.60. The summed E-state index contributed by atoms with van der Waals surface area (Å²) in [6, 6.07) is 6.68. The van der Waals surface area contributed by atoms with Crippen molar-refractivity contribution in [1.29, 1.82) is 0 Å². The number of nitrogens with one attached hydrogen (secondary N) is 1. The van der Waals surface area contributed by atoms with E-state index < -0.39 is 12.0 Å². The third-order valence-electron chi connectivity index (χ3n) is 3.01. The van der Waals surface area contributed by atoms with Gasteiger partial charge in [0, 0.05) is 6.42 Å². The molecule has 1 amide bonds. The van der Waals surface area contributed by atoms with E-state index in [4.69, 9.17) is 9.84 Å². The van der Waals surface area contributed by atoms with Crippen molar-refractivity contribution in [3.63, 3.8) is 0 Å². The summed E-state index contributed by atoms with van der Waals surface area (Å²) in [6.45, 7) is 1.89. The summed E-state index contributed by atoms with van der Waals surface area (Å²) in [4.78, 5) is 22.7. The summed E-state index contributed by atoms with van der Waals surface area (Å²) in [5.41, 5.74) is 1.02. The largest absolute Gasteiger partial charge is 0.497 e. The highest BCUT2D eigenvalue weighted by Crippen LogP contribution is 2.12. The molecule has 5 nitrogen and oxygen atoms in total. The molecule has 0 saturated carbocycles. The molecule has 2 N–H and O–H groups in total. The molecule has 1 aromatic carbocycles. The highest BCUT2D eigenvalue weighted by Gasteiger charge is 2.18. The molecule has 0 fully saturated rings. The van der Waals surface area contributed by atoms with Gasteiger partial charge in [0.25, 0.3) is 0 Å². The second-order valence-electron chi connectivity index (χ2n) is 4.60. The molecule has 5 heteroatoms. The molecular formula is C15H21NO4. The van der Waals surface area contributed by atoms with Crippen LogP contribution in [-0.4, -0.2) is 30.1 Å². The van der Waals surface area contributed by atoms with Gasteiger partial charge < -0.3 is 15.2 Å². The molecule has 1 atom stereocenters. The molecule has 110 valence electrons. The van der Waals surface area contributed by atoms with E-state index in [0.717, 1.165) is 17.7 Å². The molecule has 0 aromatic heterocycles. The van der Waals surface area contributed by atoms with Gasteiger partial charge in [-0.3, -0.25) is 4.79 Å². The Hall–Kier alpha value is -2.04. The first kappa shape index (κ1) is 16.0. The highest BCUT2D eigenvalue weighted by atomic mass is 16.5. The average molecular weight is 279 g/mol. The predicted molar refractivity (Wildman–Crippen MR) is 75.8 cm³/mol. The van der Waals surface area contributed by atoms with Crippen LogP contribution in [0.5, 0.6) is 5.75 Å². The number of hydrogen-bond acceptors (Lipinski definition) is 3. The van der Waals surface area contributed by atoms with Gasteiger partial charge in [-0.15, -0.1) is 0 Å². The van der Waals surface area contributed by atoms with Crippen molar-refractivity contribution < 1.29 is 19.4 Å². The zero-order valence-corrected chi connectivity index (χ0v) is 11.9. The van der Waals surface area contributed by atoms with Crippen LogP contribution >= 0.6 is 0 Å². The smallest absolute Gasteiger partial charge is 0.326 e. The molecule has 0 spiro atoms. The predicted octanol–water partition coefficient (Wildman–Crippen LogP) is 2.00. The van der Waals surface area contributed by atoms with Crippen LogP contribution in [0.25, 0.3) is 0 Å². The Balaban J connectivity index is 2.43. The molecular weight excluding hydrogens is 258 g/mol. The minimum absolute atomic E-state index is 0.235. The van der Waals surface area contributed by atoms with Gasteiger partial charge >= 0.3 is 5.97 Å². The van der Waals surface area contributed by atoms with Crippen LogP contribution in [0.2, 0.25) is 0 Å². The van der Waals surface area contributed by atoms with Gasteiger partial charge in [-0.1, -0.05) is 25.5 Å². The van der Waals surface area contributed by atoms with Crippen LogP contribution in [0.3, 0.4) is 0 Å². The Morgan fingerprint density at radius 1 is 1.30 bits per heavy atom.